The number of carbonyl (C=O) groups is 3. The van der Waals surface area contributed by atoms with E-state index in [0.29, 0.717) is 48.6 Å². The summed E-state index contributed by atoms with van der Waals surface area (Å²) in [6.07, 6.45) is 6.98. The zero-order valence-corrected chi connectivity index (χ0v) is 32.3. The number of hydrogen-bond acceptors (Lipinski definition) is 10. The van der Waals surface area contributed by atoms with Crippen LogP contribution >= 0.6 is 0 Å². The molecule has 0 radical (unpaired) electrons. The van der Waals surface area contributed by atoms with Gasteiger partial charge in [0.25, 0.3) is 15.9 Å². The summed E-state index contributed by atoms with van der Waals surface area (Å²) in [6, 6.07) is 22.9. The second-order valence-electron chi connectivity index (χ2n) is 14.3. The third kappa shape index (κ3) is 9.66. The Hall–Kier alpha value is -5.47. The molecule has 2 fully saturated rings. The monoisotopic (exact) mass is 783 g/mol. The van der Waals surface area contributed by atoms with Crippen LogP contribution in [0.25, 0.3) is 22.2 Å². The van der Waals surface area contributed by atoms with Gasteiger partial charge in [-0.2, -0.15) is 0 Å². The Balaban J connectivity index is 1.07. The summed E-state index contributed by atoms with van der Waals surface area (Å²) in [5.41, 5.74) is 1.24. The number of carbonyl (C=O) groups excluding carboxylic acids is 2. The van der Waals surface area contributed by atoms with Crippen LogP contribution in [0.4, 0.5) is 5.69 Å². The quantitative estimate of drug-likeness (QED) is 0.0538. The molecule has 6 rings (SSSR count). The summed E-state index contributed by atoms with van der Waals surface area (Å²) in [7, 11) is -2.72. The molecule has 14 heteroatoms. The van der Waals surface area contributed by atoms with E-state index in [4.69, 9.17) is 19.6 Å². The highest BCUT2D eigenvalue weighted by atomic mass is 32.2. The van der Waals surface area contributed by atoms with Gasteiger partial charge in [0.05, 0.1) is 30.0 Å². The third-order valence-electron chi connectivity index (χ3n) is 10.3. The van der Waals surface area contributed by atoms with Crippen molar-refractivity contribution in [3.8, 4) is 22.8 Å². The number of pyridine rings is 1. The zero-order valence-electron chi connectivity index (χ0n) is 31.5. The first kappa shape index (κ1) is 40.2. The highest BCUT2D eigenvalue weighted by Gasteiger charge is 2.61. The average Bonchev–Trinajstić information content (AvgIpc) is 3.72. The molecule has 4 aromatic rings. The molecule has 3 aromatic carbocycles. The molecule has 2 aliphatic rings. The van der Waals surface area contributed by atoms with E-state index < -0.39 is 45.3 Å². The number of methoxy groups -OCH3 is 1. The molecule has 1 saturated heterocycles. The standard InChI is InChI=1S/C42H49N5O8S/c1-3-29-26-42(29,41(51)47-56(52,53)38-18-13-12-17-33(38)43-22-14-7-5-4-6-11-19-39(48)49)46-40(50)36-24-31(27-44-36)55-37-25-34(28-15-9-8-10-16-28)45-35-23-30(54-2)20-21-32(35)37/h3,8-10,12-13,15-18,20-21,23,25,29,31,36,43-44H,1,4-7,11,14,19,22,24,26-27H2,2H3,(H,46,50)(H,47,51)(H,48,49)/t29-,31-,36+,42+/m1/s1. The number of aliphatic carboxylic acids is 1. The zero-order chi connectivity index (χ0) is 39.7. The summed E-state index contributed by atoms with van der Waals surface area (Å²) in [5.74, 6) is -1.23. The lowest BCUT2D eigenvalue weighted by atomic mass is 10.1. The van der Waals surface area contributed by atoms with Crippen LogP contribution in [-0.4, -0.2) is 74.2 Å². The number of nitrogens with one attached hydrogen (secondary N) is 4. The minimum atomic E-state index is -4.32. The highest BCUT2D eigenvalue weighted by molar-refractivity contribution is 7.90. The van der Waals surface area contributed by atoms with Crippen molar-refractivity contribution in [3.05, 3.63) is 91.5 Å². The third-order valence-corrected chi connectivity index (χ3v) is 11.7. The molecule has 1 aromatic heterocycles. The summed E-state index contributed by atoms with van der Waals surface area (Å²) in [4.78, 5) is 42.9. The lowest BCUT2D eigenvalue weighted by molar-refractivity contribution is -0.137. The van der Waals surface area contributed by atoms with Crippen molar-refractivity contribution in [2.75, 3.05) is 25.5 Å². The van der Waals surface area contributed by atoms with Crippen LogP contribution in [-0.2, 0) is 24.4 Å². The highest BCUT2D eigenvalue weighted by Crippen LogP contribution is 2.45. The second-order valence-corrected chi connectivity index (χ2v) is 16.0. The van der Waals surface area contributed by atoms with Crippen LogP contribution in [0.1, 0.15) is 57.8 Å². The SMILES string of the molecule is C=C[C@@H]1C[C@@]1(NC(=O)[C@@H]1C[C@@H](Oc2cc(-c3ccccc3)nc3cc(OC)ccc23)CN1)C(=O)NS(=O)(=O)c1ccccc1NCCCCCCCCC(=O)O. The number of benzene rings is 3. The predicted molar refractivity (Wildman–Crippen MR) is 214 cm³/mol. The fourth-order valence-electron chi connectivity index (χ4n) is 7.12. The van der Waals surface area contributed by atoms with E-state index in [0.717, 1.165) is 48.7 Å². The lowest BCUT2D eigenvalue weighted by Gasteiger charge is -2.22. The number of carboxylic acids is 1. The van der Waals surface area contributed by atoms with E-state index in [1.54, 1.807) is 31.4 Å². The van der Waals surface area contributed by atoms with E-state index in [2.05, 4.69) is 27.3 Å². The van der Waals surface area contributed by atoms with E-state index >= 15 is 0 Å². The molecular weight excluding hydrogens is 735 g/mol. The van der Waals surface area contributed by atoms with Crippen LogP contribution in [0.5, 0.6) is 11.5 Å². The minimum Gasteiger partial charge on any atom is -0.497 e. The van der Waals surface area contributed by atoms with Gasteiger partial charge in [0.15, 0.2) is 0 Å². The van der Waals surface area contributed by atoms with Crippen molar-refractivity contribution in [1.29, 1.82) is 0 Å². The molecule has 4 atom stereocenters. The van der Waals surface area contributed by atoms with E-state index in [9.17, 15) is 22.8 Å². The number of hydrogen-bond donors (Lipinski definition) is 5. The van der Waals surface area contributed by atoms with Gasteiger partial charge in [0.2, 0.25) is 5.91 Å². The van der Waals surface area contributed by atoms with Gasteiger partial charge in [0.1, 0.15) is 28.0 Å². The Morgan fingerprint density at radius 3 is 2.45 bits per heavy atom. The number of aromatic nitrogens is 1. The number of anilines is 1. The first-order chi connectivity index (χ1) is 27.0. The lowest BCUT2D eigenvalue weighted by Crippen LogP contribution is -2.55. The summed E-state index contributed by atoms with van der Waals surface area (Å²) in [5, 5.41) is 18.8. The number of rotatable bonds is 20. The van der Waals surface area contributed by atoms with E-state index in [1.165, 1.54) is 6.07 Å². The van der Waals surface area contributed by atoms with Crippen molar-refractivity contribution in [1.82, 2.24) is 20.3 Å². The number of unbranched alkanes of at least 4 members (excludes halogenated alkanes) is 5. The van der Waals surface area contributed by atoms with Gasteiger partial charge >= 0.3 is 5.97 Å². The maximum Gasteiger partial charge on any atom is 0.303 e. The van der Waals surface area contributed by atoms with Crippen LogP contribution in [0, 0.1) is 5.92 Å². The predicted octanol–water partition coefficient (Wildman–Crippen LogP) is 5.81. The van der Waals surface area contributed by atoms with Crippen LogP contribution in [0.3, 0.4) is 0 Å². The molecule has 1 saturated carbocycles. The molecule has 2 heterocycles. The second kappa shape index (κ2) is 18.0. The first-order valence-corrected chi connectivity index (χ1v) is 20.5. The van der Waals surface area contributed by atoms with E-state index in [1.807, 2.05) is 54.6 Å². The topological polar surface area (TPSA) is 185 Å². The largest absolute Gasteiger partial charge is 0.497 e. The smallest absolute Gasteiger partial charge is 0.303 e. The molecule has 56 heavy (non-hydrogen) atoms. The van der Waals surface area contributed by atoms with Crippen molar-refractivity contribution < 1.29 is 37.4 Å². The van der Waals surface area contributed by atoms with Gasteiger partial charge in [-0.15, -0.1) is 6.58 Å². The van der Waals surface area contributed by atoms with Gasteiger partial charge < -0.3 is 30.5 Å². The number of sulfonamides is 1. The summed E-state index contributed by atoms with van der Waals surface area (Å²) < 4.78 is 41.4. The molecule has 5 N–H and O–H groups in total. The van der Waals surface area contributed by atoms with Gasteiger partial charge in [-0.3, -0.25) is 14.4 Å². The molecular formula is C42H49N5O8S. The van der Waals surface area contributed by atoms with Gasteiger partial charge in [-0.25, -0.2) is 18.1 Å². The number of fused-ring (bicyclic) bond motifs is 1. The Morgan fingerprint density at radius 1 is 0.982 bits per heavy atom. The number of carboxylic acid groups (broad SMARTS) is 1. The first-order valence-electron chi connectivity index (χ1n) is 19.0. The fourth-order valence-corrected chi connectivity index (χ4v) is 8.34. The fraction of sp³-hybridized carbons (Fsp3) is 0.381. The average molecular weight is 784 g/mol. The van der Waals surface area contributed by atoms with Gasteiger partial charge in [-0.1, -0.05) is 74.2 Å². The Labute approximate surface area is 327 Å². The molecule has 1 aliphatic heterocycles. The Bertz CT molecular complexity index is 2170. The number of amides is 2. The molecule has 1 aliphatic carbocycles. The van der Waals surface area contributed by atoms with Crippen LogP contribution in [0.15, 0.2) is 96.4 Å². The molecule has 2 amide bonds. The number of para-hydroxylation sites is 1. The van der Waals surface area contributed by atoms with Crippen LogP contribution in [0.2, 0.25) is 0 Å². The Kier molecular flexibility index (Phi) is 12.9. The van der Waals surface area contributed by atoms with Crippen molar-refractivity contribution in [2.24, 2.45) is 5.92 Å². The normalized spacial score (nSPS) is 20.2. The van der Waals surface area contributed by atoms with E-state index in [-0.39, 0.29) is 23.8 Å². The number of nitrogens with zero attached hydrogens (tertiary/aromatic N) is 1. The molecule has 0 bridgehead atoms. The number of ether oxygens (including phenoxy) is 2. The molecule has 13 nitrogen and oxygen atoms in total. The Morgan fingerprint density at radius 2 is 1.71 bits per heavy atom. The van der Waals surface area contributed by atoms with Crippen LogP contribution < -0.4 is 30.1 Å². The van der Waals surface area contributed by atoms with Crippen molar-refractivity contribution in [3.63, 3.8) is 0 Å². The maximum atomic E-state index is 13.8. The van der Waals surface area contributed by atoms with Crippen molar-refractivity contribution in [2.45, 2.75) is 80.4 Å². The molecule has 0 unspecified atom stereocenters. The minimum absolute atomic E-state index is 0.0748. The molecule has 296 valence electrons. The van der Waals surface area contributed by atoms with Gasteiger partial charge in [0, 0.05) is 54.9 Å². The summed E-state index contributed by atoms with van der Waals surface area (Å²) in [6.45, 7) is 4.70. The van der Waals surface area contributed by atoms with Gasteiger partial charge in [-0.05, 0) is 43.5 Å². The van der Waals surface area contributed by atoms with Crippen molar-refractivity contribution >= 4 is 44.4 Å². The maximum absolute atomic E-state index is 13.8. The molecule has 0 spiro atoms. The summed E-state index contributed by atoms with van der Waals surface area (Å²) >= 11 is 0.